The molecule has 1 aromatic rings. The van der Waals surface area contributed by atoms with Gasteiger partial charge in [-0.1, -0.05) is 12.1 Å². The maximum atomic E-state index is 13.3. The van der Waals surface area contributed by atoms with Crippen LogP contribution in [-0.2, 0) is 6.54 Å². The van der Waals surface area contributed by atoms with Crippen LogP contribution in [0.5, 0.6) is 5.75 Å². The third-order valence-corrected chi connectivity index (χ3v) is 3.35. The first-order chi connectivity index (χ1) is 10.0. The highest BCUT2D eigenvalue weighted by Gasteiger charge is 2.27. The number of nitrogens with one attached hydrogen (secondary N) is 2. The molecule has 0 aromatic heterocycles. The highest BCUT2D eigenvalue weighted by molar-refractivity contribution is 5.74. The lowest BCUT2D eigenvalue weighted by Gasteiger charge is -2.15. The van der Waals surface area contributed by atoms with Gasteiger partial charge in [-0.3, -0.25) is 0 Å². The molecule has 2 amide bonds. The maximum Gasteiger partial charge on any atom is 0.387 e. The molecule has 7 heteroatoms. The number of amides is 2. The molecular formula is C14H17F3N2O2. The predicted molar refractivity (Wildman–Crippen MR) is 71.0 cm³/mol. The number of ether oxygens (including phenoxy) is 1. The van der Waals surface area contributed by atoms with Crippen LogP contribution in [0.2, 0.25) is 0 Å². The van der Waals surface area contributed by atoms with Gasteiger partial charge in [-0.25, -0.2) is 9.18 Å². The SMILES string of the molecule is O=C(NCc1ccc(OC(F)F)cc1)N[C@H]1CCC[C@H]1F. The third-order valence-electron chi connectivity index (χ3n) is 3.35. The van der Waals surface area contributed by atoms with E-state index >= 15 is 0 Å². The Morgan fingerprint density at radius 3 is 2.57 bits per heavy atom. The van der Waals surface area contributed by atoms with Crippen molar-refractivity contribution in [1.29, 1.82) is 0 Å². The van der Waals surface area contributed by atoms with Crippen molar-refractivity contribution >= 4 is 6.03 Å². The van der Waals surface area contributed by atoms with Gasteiger partial charge in [0, 0.05) is 6.54 Å². The summed E-state index contributed by atoms with van der Waals surface area (Å²) in [6, 6.07) is 5.09. The second kappa shape index (κ2) is 7.19. The Bertz CT molecular complexity index is 468. The molecule has 0 radical (unpaired) electrons. The van der Waals surface area contributed by atoms with Crippen LogP contribution in [0.15, 0.2) is 24.3 Å². The average Bonchev–Trinajstić information content (AvgIpc) is 2.83. The van der Waals surface area contributed by atoms with Crippen molar-refractivity contribution < 1.29 is 22.7 Å². The Kier molecular flexibility index (Phi) is 5.30. The Balaban J connectivity index is 1.75. The first-order valence-electron chi connectivity index (χ1n) is 6.77. The highest BCUT2D eigenvalue weighted by Crippen LogP contribution is 2.21. The van der Waals surface area contributed by atoms with Crippen molar-refractivity contribution in [2.24, 2.45) is 0 Å². The summed E-state index contributed by atoms with van der Waals surface area (Å²) in [6.07, 6.45) is 0.921. The van der Waals surface area contributed by atoms with E-state index in [1.807, 2.05) is 0 Å². The van der Waals surface area contributed by atoms with E-state index < -0.39 is 24.9 Å². The minimum Gasteiger partial charge on any atom is -0.435 e. The van der Waals surface area contributed by atoms with Crippen LogP contribution in [0.25, 0.3) is 0 Å². The van der Waals surface area contributed by atoms with Crippen molar-refractivity contribution in [2.75, 3.05) is 0 Å². The molecule has 2 atom stereocenters. The van der Waals surface area contributed by atoms with E-state index in [0.29, 0.717) is 12.8 Å². The first-order valence-corrected chi connectivity index (χ1v) is 6.77. The van der Waals surface area contributed by atoms with Crippen molar-refractivity contribution in [3.05, 3.63) is 29.8 Å². The van der Waals surface area contributed by atoms with E-state index in [1.165, 1.54) is 12.1 Å². The van der Waals surface area contributed by atoms with Crippen molar-refractivity contribution in [3.8, 4) is 5.75 Å². The molecule has 0 heterocycles. The summed E-state index contributed by atoms with van der Waals surface area (Å²) in [7, 11) is 0. The number of carbonyl (C=O) groups excluding carboxylic acids is 1. The molecule has 1 aromatic carbocycles. The summed E-state index contributed by atoms with van der Waals surface area (Å²) < 4.78 is 41.5. The van der Waals surface area contributed by atoms with Crippen LogP contribution in [0.4, 0.5) is 18.0 Å². The molecular weight excluding hydrogens is 285 g/mol. The van der Waals surface area contributed by atoms with Gasteiger partial charge in [0.05, 0.1) is 6.04 Å². The number of benzene rings is 1. The molecule has 116 valence electrons. The third kappa shape index (κ3) is 4.84. The fourth-order valence-corrected chi connectivity index (χ4v) is 2.27. The second-order valence-electron chi connectivity index (χ2n) is 4.90. The minimum atomic E-state index is -2.86. The van der Waals surface area contributed by atoms with Gasteiger partial charge in [-0.05, 0) is 37.0 Å². The normalized spacial score (nSPS) is 21.3. The summed E-state index contributed by atoms with van der Waals surface area (Å²) in [4.78, 5) is 11.6. The largest absolute Gasteiger partial charge is 0.435 e. The van der Waals surface area contributed by atoms with Crippen LogP contribution >= 0.6 is 0 Å². The van der Waals surface area contributed by atoms with Crippen LogP contribution < -0.4 is 15.4 Å². The van der Waals surface area contributed by atoms with Gasteiger partial charge in [-0.2, -0.15) is 8.78 Å². The smallest absolute Gasteiger partial charge is 0.387 e. The quantitative estimate of drug-likeness (QED) is 0.878. The van der Waals surface area contributed by atoms with E-state index in [4.69, 9.17) is 0 Å². The lowest BCUT2D eigenvalue weighted by molar-refractivity contribution is -0.0498. The van der Waals surface area contributed by atoms with Gasteiger partial charge in [0.1, 0.15) is 11.9 Å². The van der Waals surface area contributed by atoms with E-state index in [-0.39, 0.29) is 12.3 Å². The van der Waals surface area contributed by atoms with E-state index in [9.17, 15) is 18.0 Å². The first kappa shape index (κ1) is 15.5. The van der Waals surface area contributed by atoms with Gasteiger partial charge in [0.15, 0.2) is 0 Å². The molecule has 2 rings (SSSR count). The Hall–Kier alpha value is -1.92. The molecule has 0 bridgehead atoms. The van der Waals surface area contributed by atoms with Gasteiger partial charge in [0.25, 0.3) is 0 Å². The van der Waals surface area contributed by atoms with E-state index in [0.717, 1.165) is 12.0 Å². The Morgan fingerprint density at radius 2 is 2.00 bits per heavy atom. The van der Waals surface area contributed by atoms with Crippen LogP contribution in [0, 0.1) is 0 Å². The fraction of sp³-hybridized carbons (Fsp3) is 0.500. The zero-order valence-electron chi connectivity index (χ0n) is 11.3. The van der Waals surface area contributed by atoms with Gasteiger partial charge in [-0.15, -0.1) is 0 Å². The van der Waals surface area contributed by atoms with Gasteiger partial charge < -0.3 is 15.4 Å². The highest BCUT2D eigenvalue weighted by atomic mass is 19.3. The lowest BCUT2D eigenvalue weighted by Crippen LogP contribution is -2.44. The van der Waals surface area contributed by atoms with Crippen molar-refractivity contribution in [1.82, 2.24) is 10.6 Å². The Labute approximate surface area is 120 Å². The molecule has 0 unspecified atom stereocenters. The van der Waals surface area contributed by atoms with E-state index in [2.05, 4.69) is 15.4 Å². The molecule has 1 aliphatic rings. The van der Waals surface area contributed by atoms with Crippen LogP contribution in [0.3, 0.4) is 0 Å². The van der Waals surface area contributed by atoms with Crippen LogP contribution in [-0.4, -0.2) is 24.9 Å². The maximum absolute atomic E-state index is 13.3. The van der Waals surface area contributed by atoms with E-state index in [1.54, 1.807) is 12.1 Å². The molecule has 1 saturated carbocycles. The van der Waals surface area contributed by atoms with Gasteiger partial charge >= 0.3 is 12.6 Å². The monoisotopic (exact) mass is 302 g/mol. The molecule has 4 nitrogen and oxygen atoms in total. The minimum absolute atomic E-state index is 0.0597. The zero-order chi connectivity index (χ0) is 15.2. The average molecular weight is 302 g/mol. The number of halogens is 3. The Morgan fingerprint density at radius 1 is 1.29 bits per heavy atom. The van der Waals surface area contributed by atoms with Gasteiger partial charge in [0.2, 0.25) is 0 Å². The second-order valence-corrected chi connectivity index (χ2v) is 4.90. The number of urea groups is 1. The summed E-state index contributed by atoms with van der Waals surface area (Å²) in [5.74, 6) is 0.0597. The molecule has 0 saturated heterocycles. The lowest BCUT2D eigenvalue weighted by atomic mass is 10.2. The summed E-state index contributed by atoms with van der Waals surface area (Å²) in [5.41, 5.74) is 0.731. The number of alkyl halides is 3. The number of hydrogen-bond donors (Lipinski definition) is 2. The molecule has 0 aliphatic heterocycles. The molecule has 1 fully saturated rings. The standard InChI is InChI=1S/C14H17F3N2O2/c15-11-2-1-3-12(11)19-14(20)18-8-9-4-6-10(7-5-9)21-13(16)17/h4-7,11-13H,1-3,8H2,(H2,18,19,20)/t11-,12+/m1/s1. The number of rotatable bonds is 5. The summed E-state index contributed by atoms with van der Waals surface area (Å²) in [5, 5.41) is 5.19. The summed E-state index contributed by atoms with van der Waals surface area (Å²) in [6.45, 7) is -2.63. The topological polar surface area (TPSA) is 50.4 Å². The predicted octanol–water partition coefficient (Wildman–Crippen LogP) is 2.98. The molecule has 21 heavy (non-hydrogen) atoms. The molecule has 2 N–H and O–H groups in total. The fourth-order valence-electron chi connectivity index (χ4n) is 2.27. The van der Waals surface area contributed by atoms with Crippen LogP contribution in [0.1, 0.15) is 24.8 Å². The summed E-state index contributed by atoms with van der Waals surface area (Å²) >= 11 is 0. The molecule has 1 aliphatic carbocycles. The molecule has 0 spiro atoms. The number of hydrogen-bond acceptors (Lipinski definition) is 2. The van der Waals surface area contributed by atoms with Crippen molar-refractivity contribution in [3.63, 3.8) is 0 Å². The number of carbonyl (C=O) groups is 1. The van der Waals surface area contributed by atoms with Crippen molar-refractivity contribution in [2.45, 2.75) is 44.6 Å². The zero-order valence-corrected chi connectivity index (χ0v) is 11.3.